The summed E-state index contributed by atoms with van der Waals surface area (Å²) in [7, 11) is 0. The Bertz CT molecular complexity index is 1100. The molecule has 3 aromatic rings. The van der Waals surface area contributed by atoms with Crippen LogP contribution in [0.15, 0.2) is 78.9 Å². The lowest BCUT2D eigenvalue weighted by Gasteiger charge is -2.08. The van der Waals surface area contributed by atoms with E-state index in [1.807, 2.05) is 48.5 Å². The first-order valence-corrected chi connectivity index (χ1v) is 9.44. The zero-order chi connectivity index (χ0) is 22.1. The largest absolute Gasteiger partial charge is 0.454 e. The first-order valence-electron chi connectivity index (χ1n) is 9.44. The highest BCUT2D eigenvalue weighted by molar-refractivity contribution is 5.97. The summed E-state index contributed by atoms with van der Waals surface area (Å²) in [5, 5.41) is 13.8. The molecule has 0 saturated carbocycles. The maximum atomic E-state index is 12.2. The zero-order valence-electron chi connectivity index (χ0n) is 16.5. The molecule has 0 aliphatic heterocycles. The summed E-state index contributed by atoms with van der Waals surface area (Å²) in [5.74, 6) is -1.68. The number of nitrogens with zero attached hydrogens (tertiary/aromatic N) is 1. The number of carbonyl (C=O) groups is 3. The number of nitrogens with one attached hydrogen (secondary N) is 2. The lowest BCUT2D eigenvalue weighted by Crippen LogP contribution is -2.32. The molecule has 0 radical (unpaired) electrons. The smallest absolute Gasteiger partial charge is 0.325 e. The third-order valence-electron chi connectivity index (χ3n) is 4.31. The Morgan fingerprint density at radius 2 is 1.48 bits per heavy atom. The molecule has 0 fully saturated rings. The van der Waals surface area contributed by atoms with Gasteiger partial charge in [-0.15, -0.1) is 0 Å². The van der Waals surface area contributed by atoms with E-state index in [0.29, 0.717) is 16.8 Å². The Morgan fingerprint density at radius 1 is 0.839 bits per heavy atom. The molecule has 154 valence electrons. The number of rotatable bonds is 7. The predicted molar refractivity (Wildman–Crippen MR) is 115 cm³/mol. The van der Waals surface area contributed by atoms with Crippen molar-refractivity contribution in [3.05, 3.63) is 90.0 Å². The van der Waals surface area contributed by atoms with Crippen LogP contribution in [-0.4, -0.2) is 30.9 Å². The molecule has 2 N–H and O–H groups in total. The number of hydrogen-bond donors (Lipinski definition) is 2. The van der Waals surface area contributed by atoms with Crippen LogP contribution in [0.2, 0.25) is 0 Å². The first-order chi connectivity index (χ1) is 15.0. The maximum absolute atomic E-state index is 12.2. The molecule has 0 aromatic heterocycles. The molecule has 3 aromatic carbocycles. The third-order valence-corrected chi connectivity index (χ3v) is 4.31. The summed E-state index contributed by atoms with van der Waals surface area (Å²) in [6.45, 7) is -0.843. The highest BCUT2D eigenvalue weighted by atomic mass is 16.5. The minimum atomic E-state index is -0.732. The predicted octanol–water partition coefficient (Wildman–Crippen LogP) is 3.14. The van der Waals surface area contributed by atoms with Crippen molar-refractivity contribution < 1.29 is 19.1 Å². The summed E-state index contributed by atoms with van der Waals surface area (Å²) in [5.41, 5.74) is 3.37. The maximum Gasteiger partial charge on any atom is 0.325 e. The van der Waals surface area contributed by atoms with E-state index in [0.717, 1.165) is 11.1 Å². The molecular weight excluding hydrogens is 394 g/mol. The van der Waals surface area contributed by atoms with Crippen LogP contribution >= 0.6 is 0 Å². The summed E-state index contributed by atoms with van der Waals surface area (Å²) >= 11 is 0. The second kappa shape index (κ2) is 10.4. The Kier molecular flexibility index (Phi) is 7.12. The zero-order valence-corrected chi connectivity index (χ0v) is 16.5. The van der Waals surface area contributed by atoms with Crippen molar-refractivity contribution in [1.82, 2.24) is 5.32 Å². The first kappa shape index (κ1) is 21.3. The van der Waals surface area contributed by atoms with E-state index in [1.54, 1.807) is 36.4 Å². The van der Waals surface area contributed by atoms with Crippen molar-refractivity contribution in [2.24, 2.45) is 0 Å². The minimum Gasteiger partial charge on any atom is -0.454 e. The van der Waals surface area contributed by atoms with Gasteiger partial charge in [-0.1, -0.05) is 42.5 Å². The highest BCUT2D eigenvalue weighted by Gasteiger charge is 2.11. The van der Waals surface area contributed by atoms with Crippen LogP contribution in [0.3, 0.4) is 0 Å². The molecule has 7 nitrogen and oxygen atoms in total. The van der Waals surface area contributed by atoms with E-state index in [-0.39, 0.29) is 6.54 Å². The van der Waals surface area contributed by atoms with Crippen molar-refractivity contribution in [2.45, 2.75) is 0 Å². The average Bonchev–Trinajstić information content (AvgIpc) is 2.82. The second-order valence-electron chi connectivity index (χ2n) is 6.52. The number of anilines is 1. The molecular formula is C24H19N3O4. The van der Waals surface area contributed by atoms with Gasteiger partial charge in [0, 0.05) is 11.3 Å². The number of hydrogen-bond acceptors (Lipinski definition) is 5. The van der Waals surface area contributed by atoms with Crippen LogP contribution in [-0.2, 0) is 14.3 Å². The number of nitriles is 1. The topological polar surface area (TPSA) is 108 Å². The van der Waals surface area contributed by atoms with E-state index >= 15 is 0 Å². The van der Waals surface area contributed by atoms with Crippen LogP contribution in [0.5, 0.6) is 0 Å². The van der Waals surface area contributed by atoms with E-state index < -0.39 is 24.4 Å². The number of esters is 1. The number of benzene rings is 3. The third kappa shape index (κ3) is 6.27. The monoisotopic (exact) mass is 413 g/mol. The van der Waals surface area contributed by atoms with Gasteiger partial charge in [-0.3, -0.25) is 14.4 Å². The van der Waals surface area contributed by atoms with Gasteiger partial charge in [0.25, 0.3) is 11.8 Å². The fourth-order valence-electron chi connectivity index (χ4n) is 2.72. The van der Waals surface area contributed by atoms with Crippen molar-refractivity contribution in [1.29, 1.82) is 5.26 Å². The van der Waals surface area contributed by atoms with Crippen LogP contribution in [0.4, 0.5) is 5.69 Å². The van der Waals surface area contributed by atoms with Crippen LogP contribution in [0.25, 0.3) is 11.1 Å². The van der Waals surface area contributed by atoms with Crippen molar-refractivity contribution in [3.63, 3.8) is 0 Å². The fraction of sp³-hybridized carbons (Fsp3) is 0.0833. The molecule has 0 heterocycles. The Morgan fingerprint density at radius 3 is 2.13 bits per heavy atom. The summed E-state index contributed by atoms with van der Waals surface area (Å²) < 4.78 is 4.87. The van der Waals surface area contributed by atoms with Gasteiger partial charge in [0.15, 0.2) is 6.61 Å². The molecule has 3 rings (SSSR count). The number of amides is 2. The lowest BCUT2D eigenvalue weighted by molar-refractivity contribution is -0.146. The van der Waals surface area contributed by atoms with E-state index in [2.05, 4.69) is 10.6 Å². The summed E-state index contributed by atoms with van der Waals surface area (Å²) in [4.78, 5) is 35.9. The van der Waals surface area contributed by atoms with Gasteiger partial charge in [0.2, 0.25) is 0 Å². The van der Waals surface area contributed by atoms with Crippen molar-refractivity contribution in [2.75, 3.05) is 18.5 Å². The Hall–Kier alpha value is -4.44. The van der Waals surface area contributed by atoms with Gasteiger partial charge in [-0.2, -0.15) is 5.26 Å². The van der Waals surface area contributed by atoms with Gasteiger partial charge in [-0.05, 0) is 47.5 Å². The van der Waals surface area contributed by atoms with Crippen LogP contribution in [0.1, 0.15) is 15.9 Å². The van der Waals surface area contributed by atoms with Gasteiger partial charge >= 0.3 is 5.97 Å². The van der Waals surface area contributed by atoms with Crippen LogP contribution in [0, 0.1) is 11.3 Å². The normalized spacial score (nSPS) is 9.90. The Labute approximate surface area is 179 Å². The molecule has 0 saturated heterocycles. The molecule has 2 amide bonds. The van der Waals surface area contributed by atoms with Gasteiger partial charge in [-0.25, -0.2) is 0 Å². The molecule has 31 heavy (non-hydrogen) atoms. The molecule has 7 heteroatoms. The number of carbonyl (C=O) groups excluding carboxylic acids is 3. The molecule has 0 unspecified atom stereocenters. The quantitative estimate of drug-likeness (QED) is 0.579. The SMILES string of the molecule is N#Cc1ccc(NC(=O)COC(=O)CNC(=O)c2ccc(-c3ccccc3)cc2)cc1. The van der Waals surface area contributed by atoms with Gasteiger partial charge in [0.05, 0.1) is 11.6 Å². The van der Waals surface area contributed by atoms with Crippen LogP contribution < -0.4 is 10.6 Å². The van der Waals surface area contributed by atoms with Gasteiger partial charge in [0.1, 0.15) is 6.54 Å². The van der Waals surface area contributed by atoms with Crippen molar-refractivity contribution in [3.8, 4) is 17.2 Å². The van der Waals surface area contributed by atoms with E-state index in [9.17, 15) is 14.4 Å². The van der Waals surface area contributed by atoms with E-state index in [1.165, 1.54) is 0 Å². The Balaban J connectivity index is 1.42. The lowest BCUT2D eigenvalue weighted by atomic mass is 10.0. The summed E-state index contributed by atoms with van der Waals surface area (Å²) in [6, 6.07) is 25.0. The average molecular weight is 413 g/mol. The molecule has 0 bridgehead atoms. The minimum absolute atomic E-state index is 0.358. The highest BCUT2D eigenvalue weighted by Crippen LogP contribution is 2.19. The number of ether oxygens (including phenoxy) is 1. The van der Waals surface area contributed by atoms with Gasteiger partial charge < -0.3 is 15.4 Å². The summed E-state index contributed by atoms with van der Waals surface area (Å²) in [6.07, 6.45) is 0. The molecule has 0 spiro atoms. The fourth-order valence-corrected chi connectivity index (χ4v) is 2.72. The van der Waals surface area contributed by atoms with E-state index in [4.69, 9.17) is 10.00 Å². The molecule has 0 atom stereocenters. The molecule has 0 aliphatic rings. The van der Waals surface area contributed by atoms with Crippen molar-refractivity contribution >= 4 is 23.5 Å². The molecule has 0 aliphatic carbocycles. The standard InChI is InChI=1S/C24H19N3O4/c25-14-17-6-12-21(13-7-17)27-22(28)16-31-23(29)15-26-24(30)20-10-8-19(9-11-20)18-4-2-1-3-5-18/h1-13H,15-16H2,(H,26,30)(H,27,28). The second-order valence-corrected chi connectivity index (χ2v) is 6.52.